The van der Waals surface area contributed by atoms with Gasteiger partial charge < -0.3 is 23.7 Å². The van der Waals surface area contributed by atoms with Gasteiger partial charge in [-0.25, -0.2) is 9.59 Å². The summed E-state index contributed by atoms with van der Waals surface area (Å²) in [6, 6.07) is 13.3. The standard InChI is InChI=1S/C28H38BrN3O7S/c1-19-9-12-21(13-10-19)39-40-36-16-8-15-35-23-14-11-20(17-22(23)29)18-30-24(31-25(33)37-27(2,3)4)32-26(34)38-28(5,6)7/h9-14,17H,8,15-16,18H2,1-7H3,(H2,30,31,32,33,34). The third-order valence-electron chi connectivity index (χ3n) is 4.50. The molecule has 0 aliphatic rings. The second kappa shape index (κ2) is 15.7. The topological polar surface area (TPSA) is 117 Å². The summed E-state index contributed by atoms with van der Waals surface area (Å²) in [7, 11) is 0. The van der Waals surface area contributed by atoms with Gasteiger partial charge in [-0.15, -0.1) is 4.99 Å². The summed E-state index contributed by atoms with van der Waals surface area (Å²) in [5, 5.41) is 5.41. The molecule has 0 bridgehead atoms. The fraction of sp³-hybridized carbons (Fsp3) is 0.464. The average molecular weight is 641 g/mol. The van der Waals surface area contributed by atoms with Gasteiger partial charge in [-0.05, 0) is 94.2 Å². The first-order valence-electron chi connectivity index (χ1n) is 12.7. The molecule has 2 rings (SSSR count). The number of aryl methyl sites for hydroxylation is 1. The molecule has 0 saturated heterocycles. The fourth-order valence-electron chi connectivity index (χ4n) is 2.84. The van der Waals surface area contributed by atoms with Gasteiger partial charge >= 0.3 is 12.2 Å². The van der Waals surface area contributed by atoms with E-state index in [1.54, 1.807) is 41.5 Å². The van der Waals surface area contributed by atoms with E-state index >= 15 is 0 Å². The Hall–Kier alpha value is -2.96. The summed E-state index contributed by atoms with van der Waals surface area (Å²) in [6.07, 6.45) is -0.933. The van der Waals surface area contributed by atoms with E-state index in [4.69, 9.17) is 22.6 Å². The lowest BCUT2D eigenvalue weighted by Crippen LogP contribution is -2.44. The third kappa shape index (κ3) is 14.4. The first-order chi connectivity index (χ1) is 18.7. The van der Waals surface area contributed by atoms with Crippen molar-refractivity contribution in [3.63, 3.8) is 0 Å². The SMILES string of the molecule is Cc1ccc(OSOCCCOc2ccc(CNC(=NC(=O)OC(C)(C)C)NC(=O)OC(C)(C)C)cc2Br)cc1. The lowest BCUT2D eigenvalue weighted by molar-refractivity contribution is 0.0560. The lowest BCUT2D eigenvalue weighted by atomic mass is 10.2. The molecule has 0 saturated carbocycles. The molecule has 10 nitrogen and oxygen atoms in total. The van der Waals surface area contributed by atoms with Crippen molar-refractivity contribution in [2.45, 2.75) is 72.6 Å². The molecular formula is C28H38BrN3O7S. The molecule has 2 N–H and O–H groups in total. The van der Waals surface area contributed by atoms with E-state index in [0.29, 0.717) is 25.4 Å². The van der Waals surface area contributed by atoms with Crippen LogP contribution < -0.4 is 19.6 Å². The van der Waals surface area contributed by atoms with Crippen LogP contribution in [-0.4, -0.2) is 42.6 Å². The smallest absolute Gasteiger partial charge is 0.437 e. The summed E-state index contributed by atoms with van der Waals surface area (Å²) < 4.78 is 28.0. The molecule has 0 fully saturated rings. The van der Waals surface area contributed by atoms with E-state index < -0.39 is 23.4 Å². The average Bonchev–Trinajstić information content (AvgIpc) is 2.81. The minimum atomic E-state index is -0.847. The van der Waals surface area contributed by atoms with Gasteiger partial charge in [0, 0.05) is 13.0 Å². The number of rotatable bonds is 10. The molecule has 12 heteroatoms. The number of nitrogens with zero attached hydrogens (tertiary/aromatic N) is 1. The highest BCUT2D eigenvalue weighted by Crippen LogP contribution is 2.26. The van der Waals surface area contributed by atoms with Crippen molar-refractivity contribution >= 4 is 46.4 Å². The monoisotopic (exact) mass is 639 g/mol. The minimum absolute atomic E-state index is 0.0934. The second-order valence-electron chi connectivity index (χ2n) is 10.7. The van der Waals surface area contributed by atoms with Crippen LogP contribution in [-0.2, 0) is 20.2 Å². The number of halogens is 1. The molecule has 0 unspecified atom stereocenters. The molecule has 0 radical (unpaired) electrons. The maximum Gasteiger partial charge on any atom is 0.437 e. The quantitative estimate of drug-likeness (QED) is 0.122. The summed E-state index contributed by atoms with van der Waals surface area (Å²) in [5.74, 6) is 1.31. The van der Waals surface area contributed by atoms with Gasteiger partial charge in [0.15, 0.2) is 0 Å². The Labute approximate surface area is 249 Å². The number of aliphatic imine (C=N–C) groups is 1. The number of hydrogen-bond acceptors (Lipinski definition) is 8. The van der Waals surface area contributed by atoms with Crippen LogP contribution in [0.2, 0.25) is 0 Å². The molecule has 0 heterocycles. The Bertz CT molecular complexity index is 1150. The second-order valence-corrected chi connectivity index (χ2v) is 12.1. The van der Waals surface area contributed by atoms with E-state index in [0.717, 1.165) is 33.7 Å². The summed E-state index contributed by atoms with van der Waals surface area (Å²) in [4.78, 5) is 28.3. The number of alkyl carbamates (subject to hydrolysis) is 1. The van der Waals surface area contributed by atoms with Crippen molar-refractivity contribution < 1.29 is 32.2 Å². The van der Waals surface area contributed by atoms with Crippen LogP contribution in [0.4, 0.5) is 9.59 Å². The predicted octanol–water partition coefficient (Wildman–Crippen LogP) is 7.09. The van der Waals surface area contributed by atoms with Crippen LogP contribution in [0.5, 0.6) is 11.5 Å². The molecule has 0 aromatic heterocycles. The third-order valence-corrected chi connectivity index (χ3v) is 5.64. The highest BCUT2D eigenvalue weighted by atomic mass is 79.9. The van der Waals surface area contributed by atoms with Crippen molar-refractivity contribution in [2.75, 3.05) is 13.2 Å². The lowest BCUT2D eigenvalue weighted by Gasteiger charge is -2.21. The van der Waals surface area contributed by atoms with Crippen LogP contribution in [0.3, 0.4) is 0 Å². The van der Waals surface area contributed by atoms with E-state index in [1.807, 2.05) is 49.4 Å². The minimum Gasteiger partial charge on any atom is -0.492 e. The molecule has 2 aromatic carbocycles. The zero-order valence-corrected chi connectivity index (χ0v) is 26.4. The maximum absolute atomic E-state index is 12.3. The van der Waals surface area contributed by atoms with Crippen LogP contribution >= 0.6 is 28.3 Å². The number of carbonyl (C=O) groups is 2. The highest BCUT2D eigenvalue weighted by Gasteiger charge is 2.20. The molecule has 0 spiro atoms. The van der Waals surface area contributed by atoms with Crippen LogP contribution in [0, 0.1) is 6.92 Å². The maximum atomic E-state index is 12.3. The predicted molar refractivity (Wildman–Crippen MR) is 159 cm³/mol. The Morgan fingerprint density at radius 2 is 1.62 bits per heavy atom. The van der Waals surface area contributed by atoms with Crippen molar-refractivity contribution in [1.82, 2.24) is 10.6 Å². The Balaban J connectivity index is 1.84. The van der Waals surface area contributed by atoms with Gasteiger partial charge in [0.1, 0.15) is 22.7 Å². The van der Waals surface area contributed by atoms with Gasteiger partial charge in [-0.1, -0.05) is 23.8 Å². The number of nitrogens with one attached hydrogen (secondary N) is 2. The Morgan fingerprint density at radius 1 is 0.950 bits per heavy atom. The van der Waals surface area contributed by atoms with E-state index in [9.17, 15) is 9.59 Å². The first kappa shape index (κ1) is 33.2. The fourth-order valence-corrected chi connectivity index (χ4v) is 3.80. The zero-order valence-electron chi connectivity index (χ0n) is 24.0. The van der Waals surface area contributed by atoms with Crippen LogP contribution in [0.1, 0.15) is 59.1 Å². The van der Waals surface area contributed by atoms with Gasteiger partial charge in [0.2, 0.25) is 18.3 Å². The highest BCUT2D eigenvalue weighted by molar-refractivity contribution is 9.10. The first-order valence-corrected chi connectivity index (χ1v) is 14.2. The van der Waals surface area contributed by atoms with Gasteiger partial charge in [-0.3, -0.25) is 9.50 Å². The number of amides is 2. The number of benzene rings is 2. The molecule has 40 heavy (non-hydrogen) atoms. The normalized spacial score (nSPS) is 11.9. The van der Waals surface area contributed by atoms with Crippen molar-refractivity contribution in [3.8, 4) is 11.5 Å². The summed E-state index contributed by atoms with van der Waals surface area (Å²) in [5.41, 5.74) is 0.549. The van der Waals surface area contributed by atoms with Gasteiger partial charge in [0.05, 0.1) is 17.7 Å². The number of hydrogen-bond donors (Lipinski definition) is 2. The molecule has 0 atom stereocenters. The molecule has 2 aromatic rings. The zero-order chi connectivity index (χ0) is 29.8. The molecule has 0 aliphatic carbocycles. The number of carbonyl (C=O) groups excluding carboxylic acids is 2. The molecule has 0 aliphatic heterocycles. The van der Waals surface area contributed by atoms with Crippen LogP contribution in [0.25, 0.3) is 0 Å². The van der Waals surface area contributed by atoms with Gasteiger partial charge in [0.25, 0.3) is 0 Å². The number of guanidine groups is 1. The van der Waals surface area contributed by atoms with E-state index in [2.05, 4.69) is 31.6 Å². The van der Waals surface area contributed by atoms with E-state index in [-0.39, 0.29) is 12.5 Å². The summed E-state index contributed by atoms with van der Waals surface area (Å²) in [6.45, 7) is 13.6. The van der Waals surface area contributed by atoms with Crippen LogP contribution in [0.15, 0.2) is 51.9 Å². The van der Waals surface area contributed by atoms with Crippen molar-refractivity contribution in [2.24, 2.45) is 4.99 Å². The number of ether oxygens (including phenoxy) is 3. The molecule has 220 valence electrons. The van der Waals surface area contributed by atoms with E-state index in [1.165, 1.54) is 0 Å². The van der Waals surface area contributed by atoms with Gasteiger partial charge in [-0.2, -0.15) is 0 Å². The Kier molecular flexibility index (Phi) is 13.1. The Morgan fingerprint density at radius 3 is 2.25 bits per heavy atom. The van der Waals surface area contributed by atoms with Crippen molar-refractivity contribution in [3.05, 3.63) is 58.1 Å². The van der Waals surface area contributed by atoms with Crippen molar-refractivity contribution in [1.29, 1.82) is 0 Å². The largest absolute Gasteiger partial charge is 0.492 e. The molecule has 2 amide bonds. The summed E-state index contributed by atoms with van der Waals surface area (Å²) >= 11 is 4.46. The molecular weight excluding hydrogens is 602 g/mol.